The van der Waals surface area contributed by atoms with Crippen LogP contribution in [0.2, 0.25) is 0 Å². The molecule has 1 aromatic carbocycles. The zero-order chi connectivity index (χ0) is 37.7. The van der Waals surface area contributed by atoms with Gasteiger partial charge < -0.3 is 0 Å². The number of ether oxygens (including phenoxy) is 2. The van der Waals surface area contributed by atoms with Gasteiger partial charge in [-0.3, -0.25) is 0 Å². The van der Waals surface area contributed by atoms with Crippen LogP contribution < -0.4 is 0 Å². The van der Waals surface area contributed by atoms with Crippen molar-refractivity contribution in [3.63, 3.8) is 0 Å². The predicted molar refractivity (Wildman–Crippen MR) is 214 cm³/mol. The second-order valence-corrected chi connectivity index (χ2v) is 28.3. The van der Waals surface area contributed by atoms with Crippen LogP contribution in [0.25, 0.3) is 0 Å². The summed E-state index contributed by atoms with van der Waals surface area (Å²) in [5.41, 5.74) is 1.50. The summed E-state index contributed by atoms with van der Waals surface area (Å²) in [7, 11) is 2.14. The van der Waals surface area contributed by atoms with Crippen LogP contribution in [0.15, 0.2) is 12.1 Å². The number of esters is 2. The van der Waals surface area contributed by atoms with Gasteiger partial charge in [-0.15, -0.1) is 0 Å². The normalized spacial score (nSPS) is 23.5. The van der Waals surface area contributed by atoms with Crippen molar-refractivity contribution in [2.75, 3.05) is 12.0 Å². The molecule has 6 nitrogen and oxygen atoms in total. The molecule has 1 aromatic rings. The molecule has 7 heteroatoms. The van der Waals surface area contributed by atoms with Crippen molar-refractivity contribution >= 4 is 31.8 Å². The molecule has 2 atom stereocenters. The third-order valence-electron chi connectivity index (χ3n) is 11.8. The molecule has 0 bridgehead atoms. The average Bonchev–Trinajstić information content (AvgIpc) is 2.90. The van der Waals surface area contributed by atoms with Crippen molar-refractivity contribution in [3.05, 3.63) is 28.8 Å². The van der Waals surface area contributed by atoms with Crippen molar-refractivity contribution in [2.24, 2.45) is 5.92 Å². The molecule has 0 spiro atoms. The minimum atomic E-state index is -1.35. The third kappa shape index (κ3) is 9.56. The molecule has 0 radical (unpaired) electrons. The van der Waals surface area contributed by atoms with E-state index in [0.717, 1.165) is 42.4 Å². The Balaban J connectivity index is 2.18. The number of carbonyl (C=O) groups is 2. The van der Waals surface area contributed by atoms with Gasteiger partial charge in [0, 0.05) is 0 Å². The third-order valence-corrected chi connectivity index (χ3v) is 21.4. The van der Waals surface area contributed by atoms with Gasteiger partial charge in [0.25, 0.3) is 0 Å². The van der Waals surface area contributed by atoms with E-state index in [1.807, 2.05) is 12.1 Å². The fraction of sp³-hybridized carbons (Fsp3) is 0.810. The Morgan fingerprint density at radius 3 is 1.57 bits per heavy atom. The monoisotopic (exact) mass is 797 g/mol. The van der Waals surface area contributed by atoms with E-state index in [1.165, 1.54) is 0 Å². The number of aromatic hydroxyl groups is 1. The van der Waals surface area contributed by atoms with Crippen LogP contribution >= 0.6 is 19.8 Å². The van der Waals surface area contributed by atoms with Crippen molar-refractivity contribution in [1.29, 1.82) is 0 Å². The summed E-state index contributed by atoms with van der Waals surface area (Å²) >= 11 is -1.35. The number of likely N-dealkylation sites (tertiary alicyclic amines) is 1. The Bertz CT molecular complexity index is 1220. The number of nitrogens with zero attached hydrogens (tertiary/aromatic N) is 1. The summed E-state index contributed by atoms with van der Waals surface area (Å²) < 4.78 is 13.3. The van der Waals surface area contributed by atoms with Crippen molar-refractivity contribution < 1.29 is 24.2 Å². The second-order valence-electron chi connectivity index (χ2n) is 19.7. The fourth-order valence-corrected chi connectivity index (χ4v) is 14.6. The van der Waals surface area contributed by atoms with Gasteiger partial charge in [0.1, 0.15) is 0 Å². The first-order valence-electron chi connectivity index (χ1n) is 18.7. The summed E-state index contributed by atoms with van der Waals surface area (Å²) in [4.78, 5) is 34.3. The summed E-state index contributed by atoms with van der Waals surface area (Å²) in [5.74, 6) is -2.20. The summed E-state index contributed by atoms with van der Waals surface area (Å²) in [6, 6.07) is 4.09. The summed E-state index contributed by atoms with van der Waals surface area (Å²) in [6.07, 6.45) is 4.88. The zero-order valence-corrected chi connectivity index (χ0v) is 36.5. The van der Waals surface area contributed by atoms with E-state index < -0.39 is 43.6 Å². The maximum absolute atomic E-state index is 14.7. The number of hydrogen-bond donors (Lipinski definition) is 1. The molecule has 1 N–H and O–H groups in total. The molecule has 2 saturated heterocycles. The van der Waals surface area contributed by atoms with Gasteiger partial charge in [-0.05, 0) is 7.05 Å². The van der Waals surface area contributed by atoms with E-state index in [0.29, 0.717) is 25.0 Å². The molecular formula is C42H72INO5. The first-order chi connectivity index (χ1) is 22.0. The number of alkyl halides is 3. The molecule has 2 heterocycles. The summed E-state index contributed by atoms with van der Waals surface area (Å²) in [6.45, 7) is 32.8. The number of phenols is 1. The molecule has 2 aliphatic rings. The Kier molecular flexibility index (Phi) is 12.5. The van der Waals surface area contributed by atoms with Crippen LogP contribution in [-0.2, 0) is 29.9 Å². The van der Waals surface area contributed by atoms with Crippen LogP contribution in [0.4, 0.5) is 0 Å². The number of halogens is 1. The maximum atomic E-state index is 14.7. The van der Waals surface area contributed by atoms with Gasteiger partial charge in [-0.1, -0.05) is 0 Å². The van der Waals surface area contributed by atoms with Crippen molar-refractivity contribution in [2.45, 2.75) is 196 Å². The number of rotatable bonds is 9. The van der Waals surface area contributed by atoms with Crippen LogP contribution in [0.1, 0.15) is 171 Å². The second kappa shape index (κ2) is 14.6. The van der Waals surface area contributed by atoms with Gasteiger partial charge >= 0.3 is 302 Å². The van der Waals surface area contributed by atoms with E-state index >= 15 is 0 Å². The SMILES string of the molecule is CCCCC(c1cc(C(C)(C)C)c(O)c(C(C)(C)C)c1)C(C(=O)OC1CC(C)(C)N(C)C(C)(C)C1)C(=O)OC1CC(C)(C)I(C)C(C)(C)C1. The first kappa shape index (κ1) is 42.1. The number of piperidine rings is 1. The Labute approximate surface area is 307 Å². The average molecular weight is 798 g/mol. The quantitative estimate of drug-likeness (QED) is 0.116. The summed E-state index contributed by atoms with van der Waals surface area (Å²) in [5, 5.41) is 11.6. The topological polar surface area (TPSA) is 76.1 Å². The Morgan fingerprint density at radius 2 is 1.20 bits per heavy atom. The van der Waals surface area contributed by atoms with Crippen molar-refractivity contribution in [3.8, 4) is 5.75 Å². The van der Waals surface area contributed by atoms with Crippen molar-refractivity contribution in [1.82, 2.24) is 4.90 Å². The predicted octanol–water partition coefficient (Wildman–Crippen LogP) is 10.5. The van der Waals surface area contributed by atoms with Gasteiger partial charge in [0.15, 0.2) is 0 Å². The minimum absolute atomic E-state index is 0.139. The van der Waals surface area contributed by atoms with E-state index in [1.54, 1.807) is 0 Å². The molecule has 0 aromatic heterocycles. The van der Waals surface area contributed by atoms with E-state index in [9.17, 15) is 14.7 Å². The van der Waals surface area contributed by atoms with Gasteiger partial charge in [-0.2, -0.15) is 0 Å². The molecule has 2 fully saturated rings. The molecule has 0 saturated carbocycles. The molecule has 0 amide bonds. The fourth-order valence-electron chi connectivity index (χ4n) is 8.39. The number of carbonyl (C=O) groups excluding carboxylic acids is 2. The molecule has 3 rings (SSSR count). The zero-order valence-electron chi connectivity index (χ0n) is 34.3. The standard InChI is InChI=1S/C42H72INO5/c1-18-19-20-30(27-21-31(37(2,3)4)34(45)32(22-27)38(5,6)7)33(35(46)48-28-23-39(8,9)43(16)40(10,11)24-28)36(47)49-29-25-41(12,13)44(17)42(14,15)26-29/h21-22,28-30,33,45H,18-20,23-26H2,1-17H3. The molecule has 49 heavy (non-hydrogen) atoms. The van der Waals surface area contributed by atoms with Crippen LogP contribution in [-0.4, -0.2) is 64.1 Å². The first-order valence-corrected chi connectivity index (χ1v) is 23.0. The van der Waals surface area contributed by atoms with Crippen LogP contribution in [0.5, 0.6) is 5.75 Å². The van der Waals surface area contributed by atoms with E-state index in [4.69, 9.17) is 9.47 Å². The molecular weight excluding hydrogens is 725 g/mol. The number of unbranched alkanes of at least 4 members (excludes halogenated alkanes) is 1. The molecule has 2 unspecified atom stereocenters. The van der Waals surface area contributed by atoms with Crippen LogP contribution in [0.3, 0.4) is 0 Å². The molecule has 0 aliphatic carbocycles. The number of benzene rings is 1. The van der Waals surface area contributed by atoms with Gasteiger partial charge in [0.2, 0.25) is 0 Å². The molecule has 282 valence electrons. The Hall–Kier alpha value is -1.35. The number of phenolic OH excluding ortho intramolecular Hbond substituents is 1. The number of hydrogen-bond acceptors (Lipinski definition) is 6. The van der Waals surface area contributed by atoms with Gasteiger partial charge in [-0.25, -0.2) is 0 Å². The Morgan fingerprint density at radius 1 is 0.816 bits per heavy atom. The van der Waals surface area contributed by atoms with Gasteiger partial charge in [0.05, 0.1) is 0 Å². The van der Waals surface area contributed by atoms with E-state index in [2.05, 4.69) is 121 Å². The van der Waals surface area contributed by atoms with E-state index in [-0.39, 0.29) is 41.0 Å². The van der Waals surface area contributed by atoms with Crippen LogP contribution in [0, 0.1) is 5.92 Å². The molecule has 2 aliphatic heterocycles.